The van der Waals surface area contributed by atoms with E-state index < -0.39 is 0 Å². The molecule has 1 amide bonds. The molecule has 1 heterocycles. The van der Waals surface area contributed by atoms with Crippen LogP contribution in [0.25, 0.3) is 0 Å². The Bertz CT molecular complexity index is 622. The molecule has 3 heteroatoms. The summed E-state index contributed by atoms with van der Waals surface area (Å²) in [5.74, 6) is 0.0525. The lowest BCUT2D eigenvalue weighted by molar-refractivity contribution is 0.0992. The second-order valence-corrected chi connectivity index (χ2v) is 5.06. The first-order valence-corrected chi connectivity index (χ1v) is 6.96. The molecule has 3 nitrogen and oxygen atoms in total. The molecule has 0 saturated heterocycles. The zero-order valence-corrected chi connectivity index (χ0v) is 11.6. The van der Waals surface area contributed by atoms with Gasteiger partial charge in [0.1, 0.15) is 0 Å². The van der Waals surface area contributed by atoms with Crippen molar-refractivity contribution in [3.8, 4) is 0 Å². The molecular formula is C17H18N2O. The second kappa shape index (κ2) is 5.37. The summed E-state index contributed by atoms with van der Waals surface area (Å²) in [5, 5.41) is 3.37. The van der Waals surface area contributed by atoms with Crippen LogP contribution in [-0.4, -0.2) is 19.5 Å². The van der Waals surface area contributed by atoms with Gasteiger partial charge >= 0.3 is 0 Å². The zero-order chi connectivity index (χ0) is 13.9. The number of benzene rings is 2. The van der Waals surface area contributed by atoms with Crippen LogP contribution in [0.5, 0.6) is 0 Å². The quantitative estimate of drug-likeness (QED) is 0.904. The van der Waals surface area contributed by atoms with Crippen molar-refractivity contribution in [3.05, 3.63) is 59.7 Å². The largest absolute Gasteiger partial charge is 0.385 e. The van der Waals surface area contributed by atoms with Crippen molar-refractivity contribution in [1.29, 1.82) is 0 Å². The highest BCUT2D eigenvalue weighted by Crippen LogP contribution is 2.27. The first kappa shape index (κ1) is 12.7. The van der Waals surface area contributed by atoms with Crippen LogP contribution in [0.2, 0.25) is 0 Å². The molecule has 0 aromatic heterocycles. The third-order valence-corrected chi connectivity index (χ3v) is 3.77. The third-order valence-electron chi connectivity index (χ3n) is 3.77. The van der Waals surface area contributed by atoms with Gasteiger partial charge in [0.2, 0.25) is 0 Å². The molecule has 102 valence electrons. The maximum atomic E-state index is 12.7. The fourth-order valence-corrected chi connectivity index (χ4v) is 2.66. The molecule has 2 aromatic carbocycles. The normalized spacial score (nSPS) is 13.2. The Hall–Kier alpha value is -2.29. The monoisotopic (exact) mass is 266 g/mol. The topological polar surface area (TPSA) is 32.3 Å². The molecule has 0 unspecified atom stereocenters. The van der Waals surface area contributed by atoms with Gasteiger partial charge in [0.05, 0.1) is 0 Å². The molecule has 0 aliphatic carbocycles. The van der Waals surface area contributed by atoms with Crippen LogP contribution in [-0.2, 0) is 6.42 Å². The molecule has 0 spiro atoms. The average molecular weight is 266 g/mol. The molecule has 0 bridgehead atoms. The Kier molecular flexibility index (Phi) is 3.42. The standard InChI is InChI=1S/C17H18N2O/c1-19(13-7-3-2-4-8-13)17(20)15-9-5-11-16-14(15)10-6-12-18-16/h2-5,7-9,11,18H,6,10,12H2,1H3. The van der Waals surface area contributed by atoms with Gasteiger partial charge in [-0.3, -0.25) is 4.79 Å². The lowest BCUT2D eigenvalue weighted by atomic mass is 9.97. The maximum absolute atomic E-state index is 12.7. The van der Waals surface area contributed by atoms with Gasteiger partial charge in [0.25, 0.3) is 5.91 Å². The van der Waals surface area contributed by atoms with Gasteiger partial charge in [-0.25, -0.2) is 0 Å². The van der Waals surface area contributed by atoms with Crippen LogP contribution >= 0.6 is 0 Å². The van der Waals surface area contributed by atoms with Crippen molar-refractivity contribution in [1.82, 2.24) is 0 Å². The van der Waals surface area contributed by atoms with Gasteiger partial charge in [0, 0.05) is 30.5 Å². The number of carbonyl (C=O) groups is 1. The van der Waals surface area contributed by atoms with Crippen LogP contribution in [0.1, 0.15) is 22.3 Å². The number of para-hydroxylation sites is 1. The minimum Gasteiger partial charge on any atom is -0.385 e. The Morgan fingerprint density at radius 2 is 1.90 bits per heavy atom. The highest BCUT2D eigenvalue weighted by atomic mass is 16.2. The number of rotatable bonds is 2. The van der Waals surface area contributed by atoms with Crippen molar-refractivity contribution < 1.29 is 4.79 Å². The van der Waals surface area contributed by atoms with E-state index in [1.807, 2.05) is 55.6 Å². The lowest BCUT2D eigenvalue weighted by Gasteiger charge is -2.23. The van der Waals surface area contributed by atoms with Gasteiger partial charge in [0.15, 0.2) is 0 Å². The Morgan fingerprint density at radius 1 is 1.10 bits per heavy atom. The molecule has 1 aliphatic rings. The molecule has 0 saturated carbocycles. The van der Waals surface area contributed by atoms with Crippen LogP contribution < -0.4 is 10.2 Å². The summed E-state index contributed by atoms with van der Waals surface area (Å²) < 4.78 is 0. The molecule has 3 rings (SSSR count). The highest BCUT2D eigenvalue weighted by molar-refractivity contribution is 6.07. The van der Waals surface area contributed by atoms with E-state index in [1.165, 1.54) is 0 Å². The number of anilines is 2. The molecular weight excluding hydrogens is 248 g/mol. The number of nitrogens with one attached hydrogen (secondary N) is 1. The number of fused-ring (bicyclic) bond motifs is 1. The maximum Gasteiger partial charge on any atom is 0.258 e. The van der Waals surface area contributed by atoms with Crippen LogP contribution in [0, 0.1) is 0 Å². The van der Waals surface area contributed by atoms with Gasteiger partial charge in [-0.15, -0.1) is 0 Å². The number of amides is 1. The summed E-state index contributed by atoms with van der Waals surface area (Å²) in [7, 11) is 1.83. The first-order chi connectivity index (χ1) is 9.77. The van der Waals surface area contributed by atoms with Crippen molar-refractivity contribution in [2.45, 2.75) is 12.8 Å². The molecule has 0 radical (unpaired) electrons. The van der Waals surface area contributed by atoms with E-state index in [0.29, 0.717) is 0 Å². The zero-order valence-electron chi connectivity index (χ0n) is 11.6. The van der Waals surface area contributed by atoms with E-state index in [1.54, 1.807) is 4.90 Å². The molecule has 0 atom stereocenters. The highest BCUT2D eigenvalue weighted by Gasteiger charge is 2.20. The first-order valence-electron chi connectivity index (χ1n) is 6.96. The lowest BCUT2D eigenvalue weighted by Crippen LogP contribution is -2.28. The smallest absolute Gasteiger partial charge is 0.258 e. The summed E-state index contributed by atoms with van der Waals surface area (Å²) in [6.07, 6.45) is 2.04. The number of hydrogen-bond donors (Lipinski definition) is 1. The van der Waals surface area contributed by atoms with Gasteiger partial charge in [-0.1, -0.05) is 24.3 Å². The fraction of sp³-hybridized carbons (Fsp3) is 0.235. The van der Waals surface area contributed by atoms with E-state index >= 15 is 0 Å². The van der Waals surface area contributed by atoms with E-state index in [0.717, 1.165) is 41.9 Å². The van der Waals surface area contributed by atoms with Gasteiger partial charge < -0.3 is 10.2 Å². The Labute approximate surface area is 119 Å². The van der Waals surface area contributed by atoms with Crippen LogP contribution in [0.15, 0.2) is 48.5 Å². The minimum absolute atomic E-state index is 0.0525. The molecule has 2 aromatic rings. The van der Waals surface area contributed by atoms with E-state index in [2.05, 4.69) is 5.32 Å². The fourth-order valence-electron chi connectivity index (χ4n) is 2.66. The number of nitrogens with zero attached hydrogens (tertiary/aromatic N) is 1. The summed E-state index contributed by atoms with van der Waals surface area (Å²) >= 11 is 0. The van der Waals surface area contributed by atoms with E-state index in [4.69, 9.17) is 0 Å². The summed E-state index contributed by atoms with van der Waals surface area (Å²) in [6.45, 7) is 0.985. The van der Waals surface area contributed by atoms with Gasteiger partial charge in [-0.2, -0.15) is 0 Å². The minimum atomic E-state index is 0.0525. The molecule has 20 heavy (non-hydrogen) atoms. The summed E-state index contributed by atoms with van der Waals surface area (Å²) in [5.41, 5.74) is 3.97. The second-order valence-electron chi connectivity index (χ2n) is 5.06. The Balaban J connectivity index is 1.95. The predicted molar refractivity (Wildman–Crippen MR) is 82.4 cm³/mol. The van der Waals surface area contributed by atoms with Gasteiger partial charge in [-0.05, 0) is 42.7 Å². The molecule has 0 fully saturated rings. The average Bonchev–Trinajstić information content (AvgIpc) is 2.54. The van der Waals surface area contributed by atoms with Crippen molar-refractivity contribution in [3.63, 3.8) is 0 Å². The van der Waals surface area contributed by atoms with Crippen LogP contribution in [0.4, 0.5) is 11.4 Å². The number of hydrogen-bond acceptors (Lipinski definition) is 2. The molecule has 1 N–H and O–H groups in total. The van der Waals surface area contributed by atoms with E-state index in [-0.39, 0.29) is 5.91 Å². The third kappa shape index (κ3) is 2.27. The van der Waals surface area contributed by atoms with Crippen LogP contribution in [0.3, 0.4) is 0 Å². The predicted octanol–water partition coefficient (Wildman–Crippen LogP) is 3.32. The summed E-state index contributed by atoms with van der Waals surface area (Å²) in [4.78, 5) is 14.4. The van der Waals surface area contributed by atoms with Crippen molar-refractivity contribution >= 4 is 17.3 Å². The molecule has 1 aliphatic heterocycles. The summed E-state index contributed by atoms with van der Waals surface area (Å²) in [6, 6.07) is 15.7. The van der Waals surface area contributed by atoms with Crippen molar-refractivity contribution in [2.24, 2.45) is 0 Å². The number of carbonyl (C=O) groups excluding carboxylic acids is 1. The SMILES string of the molecule is CN(C(=O)c1cccc2c1CCCN2)c1ccccc1. The van der Waals surface area contributed by atoms with E-state index in [9.17, 15) is 4.79 Å². The van der Waals surface area contributed by atoms with Crippen molar-refractivity contribution in [2.75, 3.05) is 23.8 Å². The Morgan fingerprint density at radius 3 is 2.70 bits per heavy atom.